The van der Waals surface area contributed by atoms with Crippen LogP contribution in [-0.4, -0.2) is 54.4 Å². The van der Waals surface area contributed by atoms with Crippen molar-refractivity contribution in [2.75, 3.05) is 42.9 Å². The summed E-state index contributed by atoms with van der Waals surface area (Å²) in [6.07, 6.45) is 7.60. The molecule has 7 heteroatoms. The first-order valence-electron chi connectivity index (χ1n) is 12.2. The second-order valence-electron chi connectivity index (χ2n) is 8.44. The minimum Gasteiger partial charge on any atom is -0.369 e. The van der Waals surface area contributed by atoms with Gasteiger partial charge in [-0.05, 0) is 56.6 Å². The van der Waals surface area contributed by atoms with E-state index in [0.29, 0.717) is 43.2 Å². The number of likely N-dealkylation sites (tertiary alicyclic amines) is 1. The Hall–Kier alpha value is -2.57. The molecule has 7 nitrogen and oxygen atoms in total. The van der Waals surface area contributed by atoms with Crippen molar-refractivity contribution in [3.05, 3.63) is 30.4 Å². The molecule has 3 N–H and O–H groups in total. The molecule has 2 saturated heterocycles. The zero-order valence-electron chi connectivity index (χ0n) is 20.1. The van der Waals surface area contributed by atoms with E-state index in [0.717, 1.165) is 44.7 Å². The Bertz CT molecular complexity index is 759. The molecule has 2 aliphatic heterocycles. The summed E-state index contributed by atoms with van der Waals surface area (Å²) in [5, 5.41) is 3.35. The fourth-order valence-corrected chi connectivity index (χ4v) is 4.41. The number of rotatable bonds is 8. The number of anilines is 2. The van der Waals surface area contributed by atoms with Crippen LogP contribution >= 0.6 is 0 Å². The number of hydrogen-bond acceptors (Lipinski definition) is 5. The zero-order valence-corrected chi connectivity index (χ0v) is 20.1. The highest BCUT2D eigenvalue weighted by atomic mass is 16.2. The van der Waals surface area contributed by atoms with Crippen LogP contribution in [-0.2, 0) is 4.79 Å². The van der Waals surface area contributed by atoms with Crippen LogP contribution in [0.25, 0.3) is 0 Å². The maximum atomic E-state index is 13.2. The van der Waals surface area contributed by atoms with E-state index in [9.17, 15) is 9.59 Å². The largest absolute Gasteiger partial charge is 0.369 e. The number of carbonyl (C=O) groups is 2. The van der Waals surface area contributed by atoms with E-state index >= 15 is 0 Å². The van der Waals surface area contributed by atoms with E-state index in [2.05, 4.69) is 23.7 Å². The van der Waals surface area contributed by atoms with Gasteiger partial charge in [0.05, 0.1) is 5.56 Å². The quantitative estimate of drug-likeness (QED) is 0.591. The number of primary amides is 1. The fraction of sp³-hybridized carbons (Fsp3) is 0.640. The van der Waals surface area contributed by atoms with Gasteiger partial charge in [0.25, 0.3) is 5.91 Å². The lowest BCUT2D eigenvalue weighted by atomic mass is 9.95. The second kappa shape index (κ2) is 13.1. The lowest BCUT2D eigenvalue weighted by molar-refractivity contribution is -0.123. The summed E-state index contributed by atoms with van der Waals surface area (Å²) in [7, 11) is 0. The summed E-state index contributed by atoms with van der Waals surface area (Å²) in [6, 6.07) is 3.87. The molecule has 178 valence electrons. The number of nitrogens with zero attached hydrogens (tertiary/aromatic N) is 3. The van der Waals surface area contributed by atoms with Gasteiger partial charge in [0, 0.05) is 38.6 Å². The zero-order chi connectivity index (χ0) is 23.5. The van der Waals surface area contributed by atoms with Crippen LogP contribution < -0.4 is 16.0 Å². The highest BCUT2D eigenvalue weighted by Crippen LogP contribution is 2.28. The Morgan fingerprint density at radius 2 is 1.94 bits per heavy atom. The minimum atomic E-state index is -0.269. The van der Waals surface area contributed by atoms with Crippen LogP contribution in [0.15, 0.2) is 24.8 Å². The number of nitrogens with two attached hydrogens (primary N) is 1. The maximum absolute atomic E-state index is 13.2. The van der Waals surface area contributed by atoms with E-state index in [1.807, 2.05) is 37.0 Å². The van der Waals surface area contributed by atoms with E-state index in [1.165, 1.54) is 6.42 Å². The molecule has 0 spiro atoms. The third-order valence-electron chi connectivity index (χ3n) is 6.18. The number of pyridine rings is 1. The van der Waals surface area contributed by atoms with Gasteiger partial charge in [-0.25, -0.2) is 4.98 Å². The molecule has 2 aliphatic rings. The van der Waals surface area contributed by atoms with Crippen molar-refractivity contribution >= 4 is 23.5 Å². The molecule has 3 rings (SSSR count). The van der Waals surface area contributed by atoms with Gasteiger partial charge in [-0.3, -0.25) is 9.59 Å². The highest BCUT2D eigenvalue weighted by Gasteiger charge is 2.28. The van der Waals surface area contributed by atoms with Crippen LogP contribution in [0, 0.1) is 11.8 Å². The van der Waals surface area contributed by atoms with Crippen LogP contribution in [0.4, 0.5) is 11.6 Å². The molecule has 0 saturated carbocycles. The summed E-state index contributed by atoms with van der Waals surface area (Å²) in [4.78, 5) is 33.6. The Labute approximate surface area is 193 Å². The Balaban J connectivity index is 0.00000176. The molecule has 1 unspecified atom stereocenters. The van der Waals surface area contributed by atoms with Gasteiger partial charge in [-0.1, -0.05) is 26.8 Å². The summed E-state index contributed by atoms with van der Waals surface area (Å²) in [6.45, 7) is 13.8. The van der Waals surface area contributed by atoms with E-state index in [4.69, 9.17) is 10.7 Å². The third kappa shape index (κ3) is 6.71. The SMILES string of the molecule is C=CCC1CCCN(c2ccc(C(=O)N3CCC(C(N)=O)CC3)c(NCCC)n2)C1.CC. The smallest absolute Gasteiger partial charge is 0.257 e. The van der Waals surface area contributed by atoms with Crippen molar-refractivity contribution in [1.82, 2.24) is 9.88 Å². The normalized spacial score (nSPS) is 19.0. The number of aromatic nitrogens is 1. The number of amides is 2. The second-order valence-corrected chi connectivity index (χ2v) is 8.44. The first-order valence-corrected chi connectivity index (χ1v) is 12.2. The van der Waals surface area contributed by atoms with Gasteiger partial charge >= 0.3 is 0 Å². The molecular formula is C25H41N5O2. The summed E-state index contributed by atoms with van der Waals surface area (Å²) in [5.41, 5.74) is 6.02. The molecular weight excluding hydrogens is 402 g/mol. The standard InChI is InChI=1S/C23H35N5O2.C2H6/c1-3-6-17-7-5-13-28(16-17)20-9-8-19(22(26-20)25-12-4-2)23(30)27-14-10-18(11-15-27)21(24)29;1-2/h3,8-9,17-18H,1,4-7,10-16H2,2H3,(H2,24,29)(H,25,26);1-2H3. The predicted molar refractivity (Wildman–Crippen MR) is 132 cm³/mol. The molecule has 1 aromatic heterocycles. The Kier molecular flexibility index (Phi) is 10.5. The number of carbonyl (C=O) groups excluding carboxylic acids is 2. The summed E-state index contributed by atoms with van der Waals surface area (Å²) >= 11 is 0. The van der Waals surface area contributed by atoms with E-state index in [1.54, 1.807) is 0 Å². The number of nitrogens with one attached hydrogen (secondary N) is 1. The Morgan fingerprint density at radius 3 is 2.56 bits per heavy atom. The first kappa shape index (κ1) is 25.7. The third-order valence-corrected chi connectivity index (χ3v) is 6.18. The van der Waals surface area contributed by atoms with Crippen LogP contribution in [0.1, 0.15) is 69.7 Å². The monoisotopic (exact) mass is 443 g/mol. The molecule has 1 atom stereocenters. The molecule has 1 aromatic rings. The molecule has 3 heterocycles. The molecule has 0 aliphatic carbocycles. The minimum absolute atomic E-state index is 0.0289. The number of piperidine rings is 2. The van der Waals surface area contributed by atoms with Crippen LogP contribution in [0.5, 0.6) is 0 Å². The van der Waals surface area contributed by atoms with Gasteiger partial charge in [0.15, 0.2) is 0 Å². The fourth-order valence-electron chi connectivity index (χ4n) is 4.41. The maximum Gasteiger partial charge on any atom is 0.257 e. The molecule has 0 bridgehead atoms. The van der Waals surface area contributed by atoms with Crippen molar-refractivity contribution in [2.45, 2.75) is 59.3 Å². The van der Waals surface area contributed by atoms with Crippen molar-refractivity contribution in [3.63, 3.8) is 0 Å². The molecule has 2 amide bonds. The van der Waals surface area contributed by atoms with Crippen LogP contribution in [0.2, 0.25) is 0 Å². The number of hydrogen-bond donors (Lipinski definition) is 2. The van der Waals surface area contributed by atoms with E-state index in [-0.39, 0.29) is 17.7 Å². The molecule has 32 heavy (non-hydrogen) atoms. The lowest BCUT2D eigenvalue weighted by Crippen LogP contribution is -2.42. The molecule has 2 fully saturated rings. The van der Waals surface area contributed by atoms with Gasteiger partial charge < -0.3 is 20.9 Å². The van der Waals surface area contributed by atoms with Crippen LogP contribution in [0.3, 0.4) is 0 Å². The van der Waals surface area contributed by atoms with Gasteiger partial charge in [-0.2, -0.15) is 0 Å². The lowest BCUT2D eigenvalue weighted by Gasteiger charge is -2.34. The highest BCUT2D eigenvalue weighted by molar-refractivity contribution is 5.99. The van der Waals surface area contributed by atoms with Gasteiger partial charge in [0.2, 0.25) is 5.91 Å². The summed E-state index contributed by atoms with van der Waals surface area (Å²) < 4.78 is 0. The van der Waals surface area contributed by atoms with Crippen molar-refractivity contribution < 1.29 is 9.59 Å². The first-order chi connectivity index (χ1) is 15.5. The van der Waals surface area contributed by atoms with Crippen molar-refractivity contribution in [2.24, 2.45) is 17.6 Å². The molecule has 0 aromatic carbocycles. The average Bonchev–Trinajstić information content (AvgIpc) is 2.84. The topological polar surface area (TPSA) is 91.6 Å². The van der Waals surface area contributed by atoms with Gasteiger partial charge in [0.1, 0.15) is 11.6 Å². The van der Waals surface area contributed by atoms with Gasteiger partial charge in [-0.15, -0.1) is 6.58 Å². The Morgan fingerprint density at radius 1 is 1.22 bits per heavy atom. The van der Waals surface area contributed by atoms with E-state index < -0.39 is 0 Å². The van der Waals surface area contributed by atoms with Crippen molar-refractivity contribution in [3.8, 4) is 0 Å². The number of allylic oxidation sites excluding steroid dienone is 1. The predicted octanol–water partition coefficient (Wildman–Crippen LogP) is 4.06. The summed E-state index contributed by atoms with van der Waals surface area (Å²) in [5.74, 6) is 1.76. The molecule has 0 radical (unpaired) electrons. The van der Waals surface area contributed by atoms with Crippen molar-refractivity contribution in [1.29, 1.82) is 0 Å². The average molecular weight is 444 g/mol.